The van der Waals surface area contributed by atoms with Gasteiger partial charge in [-0.15, -0.1) is 0 Å². The van der Waals surface area contributed by atoms with E-state index >= 15 is 0 Å². The zero-order valence-corrected chi connectivity index (χ0v) is 9.20. The Morgan fingerprint density at radius 2 is 1.92 bits per heavy atom. The highest BCUT2D eigenvalue weighted by molar-refractivity contribution is 14.1. The summed E-state index contributed by atoms with van der Waals surface area (Å²) < 4.78 is 1.25. The van der Waals surface area contributed by atoms with Crippen LogP contribution in [-0.2, 0) is 0 Å². The van der Waals surface area contributed by atoms with E-state index in [4.69, 9.17) is 0 Å². The number of alkyl halides is 1. The van der Waals surface area contributed by atoms with Crippen molar-refractivity contribution in [2.75, 3.05) is 4.43 Å². The Balaban J connectivity index is 2.36. The molecule has 64 valence electrons. The summed E-state index contributed by atoms with van der Waals surface area (Å²) in [5.41, 5.74) is 1.30. The first-order chi connectivity index (χ1) is 5.93. The van der Waals surface area contributed by atoms with Crippen LogP contribution >= 0.6 is 22.6 Å². The number of hydrogen-bond donors (Lipinski definition) is 0. The zero-order chi connectivity index (χ0) is 8.65. The second-order valence-electron chi connectivity index (χ2n) is 2.64. The molecule has 0 heterocycles. The van der Waals surface area contributed by atoms with Crippen molar-refractivity contribution in [2.45, 2.75) is 12.8 Å². The maximum absolute atomic E-state index is 2.41. The molecule has 0 aliphatic heterocycles. The topological polar surface area (TPSA) is 0 Å². The molecule has 0 aliphatic carbocycles. The quantitative estimate of drug-likeness (QED) is 0.443. The lowest BCUT2D eigenvalue weighted by Crippen LogP contribution is -1.71. The van der Waals surface area contributed by atoms with Gasteiger partial charge in [-0.05, 0) is 22.8 Å². The molecule has 1 rings (SSSR count). The molecule has 0 atom stereocenters. The van der Waals surface area contributed by atoms with Gasteiger partial charge in [-0.1, -0.05) is 65.1 Å². The first kappa shape index (κ1) is 9.78. The molecule has 0 N–H and O–H groups in total. The monoisotopic (exact) mass is 272 g/mol. The molecule has 1 aromatic rings. The minimum atomic E-state index is 1.19. The second kappa shape index (κ2) is 6.23. The van der Waals surface area contributed by atoms with E-state index in [-0.39, 0.29) is 0 Å². The van der Waals surface area contributed by atoms with Crippen molar-refractivity contribution in [3.63, 3.8) is 0 Å². The van der Waals surface area contributed by atoms with Crippen molar-refractivity contribution in [3.05, 3.63) is 42.0 Å². The van der Waals surface area contributed by atoms with Gasteiger partial charge < -0.3 is 0 Å². The lowest BCUT2D eigenvalue weighted by atomic mass is 10.2. The van der Waals surface area contributed by atoms with Crippen LogP contribution in [0.2, 0.25) is 0 Å². The van der Waals surface area contributed by atoms with Crippen LogP contribution in [0.5, 0.6) is 0 Å². The Bertz CT molecular complexity index is 226. The highest BCUT2D eigenvalue weighted by Crippen LogP contribution is 2.03. The smallest absolute Gasteiger partial charge is 0.000178 e. The molecule has 1 aromatic carbocycles. The van der Waals surface area contributed by atoms with E-state index in [9.17, 15) is 0 Å². The number of halogens is 1. The fourth-order valence-electron chi connectivity index (χ4n) is 0.979. The van der Waals surface area contributed by atoms with Crippen molar-refractivity contribution in [1.82, 2.24) is 0 Å². The number of allylic oxidation sites excluding steroid dienone is 1. The molecule has 0 aromatic heterocycles. The highest BCUT2D eigenvalue weighted by Gasteiger charge is 1.82. The minimum Gasteiger partial charge on any atom is -0.0864 e. The fourth-order valence-corrected chi connectivity index (χ4v) is 1.42. The predicted octanol–water partition coefficient (Wildman–Crippen LogP) is 3.92. The van der Waals surface area contributed by atoms with Crippen LogP contribution in [0.3, 0.4) is 0 Å². The minimum absolute atomic E-state index is 1.19. The van der Waals surface area contributed by atoms with Gasteiger partial charge in [-0.25, -0.2) is 0 Å². The molecule has 1 heteroatoms. The molecule has 12 heavy (non-hydrogen) atoms. The maximum Gasteiger partial charge on any atom is -0.000178 e. The zero-order valence-electron chi connectivity index (χ0n) is 7.04. The van der Waals surface area contributed by atoms with Gasteiger partial charge in [0.1, 0.15) is 0 Å². The van der Waals surface area contributed by atoms with E-state index in [1.54, 1.807) is 0 Å². The van der Waals surface area contributed by atoms with E-state index < -0.39 is 0 Å². The normalized spacial score (nSPS) is 10.8. The van der Waals surface area contributed by atoms with Gasteiger partial charge in [0.15, 0.2) is 0 Å². The molecule has 0 aliphatic rings. The van der Waals surface area contributed by atoms with Crippen LogP contribution < -0.4 is 0 Å². The highest BCUT2D eigenvalue weighted by atomic mass is 127. The molecule has 0 radical (unpaired) electrons. The van der Waals surface area contributed by atoms with Gasteiger partial charge in [0.2, 0.25) is 0 Å². The Morgan fingerprint density at radius 1 is 1.17 bits per heavy atom. The standard InChI is InChI=1S/C11H13I/c12-10-6-2-5-9-11-7-3-1-4-8-11/h1,3-5,7-9H,2,6,10H2/b9-5-. The maximum atomic E-state index is 2.41. The van der Waals surface area contributed by atoms with Gasteiger partial charge in [-0.3, -0.25) is 0 Å². The summed E-state index contributed by atoms with van der Waals surface area (Å²) in [6, 6.07) is 10.4. The van der Waals surface area contributed by atoms with Crippen molar-refractivity contribution in [2.24, 2.45) is 0 Å². The molecule has 0 bridgehead atoms. The second-order valence-corrected chi connectivity index (χ2v) is 3.72. The molecule has 0 saturated heterocycles. The van der Waals surface area contributed by atoms with Crippen molar-refractivity contribution in [1.29, 1.82) is 0 Å². The van der Waals surface area contributed by atoms with Crippen molar-refractivity contribution >= 4 is 28.7 Å². The Morgan fingerprint density at radius 3 is 2.58 bits per heavy atom. The molecule has 0 nitrogen and oxygen atoms in total. The summed E-state index contributed by atoms with van der Waals surface area (Å²) >= 11 is 2.41. The average molecular weight is 272 g/mol. The van der Waals surface area contributed by atoms with Crippen molar-refractivity contribution < 1.29 is 0 Å². The summed E-state index contributed by atoms with van der Waals surface area (Å²) in [5.74, 6) is 0. The Hall–Kier alpha value is -0.310. The first-order valence-corrected chi connectivity index (χ1v) is 5.73. The van der Waals surface area contributed by atoms with E-state index in [1.807, 2.05) is 6.07 Å². The Kier molecular flexibility index (Phi) is 5.08. The van der Waals surface area contributed by atoms with Crippen LogP contribution in [-0.4, -0.2) is 4.43 Å². The third-order valence-corrected chi connectivity index (χ3v) is 2.38. The van der Waals surface area contributed by atoms with Crippen LogP contribution in [0.4, 0.5) is 0 Å². The van der Waals surface area contributed by atoms with Crippen molar-refractivity contribution in [3.8, 4) is 0 Å². The predicted molar refractivity (Wildman–Crippen MR) is 63.6 cm³/mol. The largest absolute Gasteiger partial charge is 0.0864 e. The SMILES string of the molecule is ICCC/C=C\c1ccccc1. The third-order valence-electron chi connectivity index (χ3n) is 1.61. The first-order valence-electron chi connectivity index (χ1n) is 4.21. The van der Waals surface area contributed by atoms with E-state index in [0.717, 1.165) is 0 Å². The van der Waals surface area contributed by atoms with Crippen LogP contribution in [0.25, 0.3) is 6.08 Å². The third kappa shape index (κ3) is 3.90. The number of hydrogen-bond acceptors (Lipinski definition) is 0. The molecule has 0 amide bonds. The summed E-state index contributed by atoms with van der Waals surface area (Å²) in [4.78, 5) is 0. The van der Waals surface area contributed by atoms with Gasteiger partial charge in [-0.2, -0.15) is 0 Å². The van der Waals surface area contributed by atoms with Gasteiger partial charge in [0, 0.05) is 0 Å². The van der Waals surface area contributed by atoms with Crippen LogP contribution in [0, 0.1) is 0 Å². The molecule has 0 fully saturated rings. The van der Waals surface area contributed by atoms with Crippen LogP contribution in [0.1, 0.15) is 18.4 Å². The molecular formula is C11H13I. The number of benzene rings is 1. The molecule has 0 saturated carbocycles. The lowest BCUT2D eigenvalue weighted by Gasteiger charge is -1.90. The number of unbranched alkanes of at least 4 members (excludes halogenated alkanes) is 1. The fraction of sp³-hybridized carbons (Fsp3) is 0.273. The van der Waals surface area contributed by atoms with E-state index in [2.05, 4.69) is 59.0 Å². The number of rotatable bonds is 4. The summed E-state index contributed by atoms with van der Waals surface area (Å²) in [6.07, 6.45) is 6.90. The average Bonchev–Trinajstić information content (AvgIpc) is 2.14. The van der Waals surface area contributed by atoms with Gasteiger partial charge >= 0.3 is 0 Å². The molecular weight excluding hydrogens is 259 g/mol. The summed E-state index contributed by atoms with van der Waals surface area (Å²) in [6.45, 7) is 0. The van der Waals surface area contributed by atoms with E-state index in [0.29, 0.717) is 0 Å². The van der Waals surface area contributed by atoms with Crippen LogP contribution in [0.15, 0.2) is 36.4 Å². The molecule has 0 unspecified atom stereocenters. The molecule has 0 spiro atoms. The lowest BCUT2D eigenvalue weighted by molar-refractivity contribution is 0.990. The van der Waals surface area contributed by atoms with Gasteiger partial charge in [0.05, 0.1) is 0 Å². The Labute approximate surface area is 87.8 Å². The summed E-state index contributed by atoms with van der Waals surface area (Å²) in [5, 5.41) is 0. The van der Waals surface area contributed by atoms with Gasteiger partial charge in [0.25, 0.3) is 0 Å². The van der Waals surface area contributed by atoms with E-state index in [1.165, 1.54) is 22.8 Å². The summed E-state index contributed by atoms with van der Waals surface area (Å²) in [7, 11) is 0.